The first-order valence-corrected chi connectivity index (χ1v) is 11.8. The molecular formula is C24H23N3O2S2. The molecule has 0 fully saturated rings. The topological polar surface area (TPSA) is 55.3 Å². The lowest BCUT2D eigenvalue weighted by Crippen LogP contribution is -2.30. The number of hydrogen-bond donors (Lipinski definition) is 0. The summed E-state index contributed by atoms with van der Waals surface area (Å²) in [5, 5.41) is 0.733. The number of rotatable bonds is 8. The first-order chi connectivity index (χ1) is 15.1. The van der Waals surface area contributed by atoms with E-state index in [2.05, 4.69) is 18.0 Å². The molecule has 0 bridgehead atoms. The molecule has 2 heterocycles. The minimum absolute atomic E-state index is 0.0635. The van der Waals surface area contributed by atoms with Crippen LogP contribution in [0, 0.1) is 6.92 Å². The van der Waals surface area contributed by atoms with Gasteiger partial charge in [-0.15, -0.1) is 11.8 Å². The van der Waals surface area contributed by atoms with Crippen molar-refractivity contribution in [2.75, 3.05) is 17.8 Å². The number of fused-ring (bicyclic) bond motifs is 1. The lowest BCUT2D eigenvalue weighted by molar-refractivity contribution is -0.118. The van der Waals surface area contributed by atoms with E-state index < -0.39 is 0 Å². The molecule has 5 nitrogen and oxygen atoms in total. The van der Waals surface area contributed by atoms with E-state index in [1.165, 1.54) is 5.56 Å². The van der Waals surface area contributed by atoms with Gasteiger partial charge in [0.25, 0.3) is 0 Å². The number of aryl methyl sites for hydroxylation is 1. The number of carbonyl (C=O) groups is 1. The summed E-state index contributed by atoms with van der Waals surface area (Å²) < 4.78 is 6.29. The molecule has 0 spiro atoms. The number of thioether (sulfide) groups is 1. The smallest absolute Gasteiger partial charge is 0.229 e. The Morgan fingerprint density at radius 1 is 1.10 bits per heavy atom. The Morgan fingerprint density at radius 3 is 2.61 bits per heavy atom. The predicted octanol–water partition coefficient (Wildman–Crippen LogP) is 5.72. The van der Waals surface area contributed by atoms with Crippen LogP contribution in [0.1, 0.15) is 17.5 Å². The second kappa shape index (κ2) is 9.94. The minimum Gasteiger partial charge on any atom is -0.497 e. The summed E-state index contributed by atoms with van der Waals surface area (Å²) in [7, 11) is 1.65. The number of benzene rings is 2. The molecule has 4 rings (SSSR count). The van der Waals surface area contributed by atoms with Crippen molar-refractivity contribution < 1.29 is 9.53 Å². The molecular weight excluding hydrogens is 426 g/mol. The maximum Gasteiger partial charge on any atom is 0.229 e. The van der Waals surface area contributed by atoms with E-state index in [0.29, 0.717) is 18.7 Å². The Kier molecular flexibility index (Phi) is 6.84. The van der Waals surface area contributed by atoms with Gasteiger partial charge in [-0.05, 0) is 66.6 Å². The van der Waals surface area contributed by atoms with Crippen LogP contribution in [0.5, 0.6) is 5.75 Å². The molecule has 7 heteroatoms. The Hall–Kier alpha value is -2.90. The van der Waals surface area contributed by atoms with Crippen LogP contribution in [-0.2, 0) is 11.3 Å². The van der Waals surface area contributed by atoms with Gasteiger partial charge in [-0.2, -0.15) is 0 Å². The van der Waals surface area contributed by atoms with Crippen molar-refractivity contribution in [3.8, 4) is 5.75 Å². The predicted molar refractivity (Wildman–Crippen MR) is 128 cm³/mol. The van der Waals surface area contributed by atoms with Gasteiger partial charge in [0, 0.05) is 29.5 Å². The Morgan fingerprint density at radius 2 is 1.87 bits per heavy atom. The quantitative estimate of drug-likeness (QED) is 0.322. The van der Waals surface area contributed by atoms with E-state index in [9.17, 15) is 4.79 Å². The average Bonchev–Trinajstić information content (AvgIpc) is 3.21. The molecule has 0 atom stereocenters. The third-order valence-electron chi connectivity index (χ3n) is 4.80. The van der Waals surface area contributed by atoms with Crippen LogP contribution in [0.15, 0.2) is 71.9 Å². The normalized spacial score (nSPS) is 10.9. The summed E-state index contributed by atoms with van der Waals surface area (Å²) >= 11 is 3.22. The first kappa shape index (κ1) is 21.3. The van der Waals surface area contributed by atoms with Gasteiger partial charge in [-0.25, -0.2) is 4.98 Å². The Bertz CT molecular complexity index is 1160. The van der Waals surface area contributed by atoms with Gasteiger partial charge >= 0.3 is 0 Å². The monoisotopic (exact) mass is 449 g/mol. The number of hydrogen-bond acceptors (Lipinski definition) is 6. The standard InChI is InChI=1S/C24H23N3O2S2/c1-17-3-8-21-22(15-17)31-24(26-21)27(16-18-9-12-25-13-10-18)23(28)11-14-30-20-6-4-19(29-2)5-7-20/h3-10,12-13,15H,11,14,16H2,1-2H3. The van der Waals surface area contributed by atoms with E-state index in [4.69, 9.17) is 9.72 Å². The number of aromatic nitrogens is 2. The van der Waals surface area contributed by atoms with Gasteiger partial charge in [0.15, 0.2) is 5.13 Å². The summed E-state index contributed by atoms with van der Waals surface area (Å²) in [6.07, 6.45) is 3.93. The van der Waals surface area contributed by atoms with E-state index in [-0.39, 0.29) is 5.91 Å². The second-order valence-corrected chi connectivity index (χ2v) is 9.25. The number of amides is 1. The first-order valence-electron chi connectivity index (χ1n) is 9.96. The third kappa shape index (κ3) is 5.42. The van der Waals surface area contributed by atoms with Crippen molar-refractivity contribution in [2.24, 2.45) is 0 Å². The SMILES string of the molecule is COc1ccc(SCCC(=O)N(Cc2ccncc2)c2nc3ccc(C)cc3s2)cc1. The summed E-state index contributed by atoms with van der Waals surface area (Å²) in [6, 6.07) is 17.9. The molecule has 0 unspecified atom stereocenters. The summed E-state index contributed by atoms with van der Waals surface area (Å²) in [4.78, 5) is 25.0. The van der Waals surface area contributed by atoms with E-state index in [0.717, 1.165) is 31.6 Å². The van der Waals surface area contributed by atoms with Gasteiger partial charge in [0.1, 0.15) is 5.75 Å². The van der Waals surface area contributed by atoms with Crippen molar-refractivity contribution >= 4 is 44.4 Å². The molecule has 4 aromatic rings. The lowest BCUT2D eigenvalue weighted by Gasteiger charge is -2.20. The van der Waals surface area contributed by atoms with Crippen molar-refractivity contribution in [1.29, 1.82) is 0 Å². The lowest BCUT2D eigenvalue weighted by atomic mass is 10.2. The fourth-order valence-electron chi connectivity index (χ4n) is 3.13. The fraction of sp³-hybridized carbons (Fsp3) is 0.208. The molecule has 0 saturated carbocycles. The van der Waals surface area contributed by atoms with Crippen molar-refractivity contribution in [3.05, 3.63) is 78.1 Å². The van der Waals surface area contributed by atoms with Gasteiger partial charge < -0.3 is 4.74 Å². The summed E-state index contributed by atoms with van der Waals surface area (Å²) in [5.74, 6) is 1.59. The molecule has 2 aromatic heterocycles. The average molecular weight is 450 g/mol. The number of ether oxygens (including phenoxy) is 1. The third-order valence-corrected chi connectivity index (χ3v) is 6.85. The van der Waals surface area contributed by atoms with Crippen LogP contribution >= 0.6 is 23.1 Å². The number of nitrogens with zero attached hydrogens (tertiary/aromatic N) is 3. The second-order valence-electron chi connectivity index (χ2n) is 7.08. The van der Waals surface area contributed by atoms with Gasteiger partial charge in [0.05, 0.1) is 23.9 Å². The highest BCUT2D eigenvalue weighted by Gasteiger charge is 2.20. The van der Waals surface area contributed by atoms with E-state index in [1.54, 1.807) is 47.5 Å². The van der Waals surface area contributed by atoms with E-state index >= 15 is 0 Å². The van der Waals surface area contributed by atoms with Gasteiger partial charge in [-0.1, -0.05) is 17.4 Å². The Labute approximate surface area is 190 Å². The van der Waals surface area contributed by atoms with Gasteiger partial charge in [-0.3, -0.25) is 14.7 Å². The summed E-state index contributed by atoms with van der Waals surface area (Å²) in [5.41, 5.74) is 3.14. The number of pyridine rings is 1. The number of methoxy groups -OCH3 is 1. The molecule has 1 amide bonds. The molecule has 0 saturated heterocycles. The highest BCUT2D eigenvalue weighted by Crippen LogP contribution is 2.31. The zero-order chi connectivity index (χ0) is 21.6. The van der Waals surface area contributed by atoms with Crippen LogP contribution in [0.2, 0.25) is 0 Å². The molecule has 0 N–H and O–H groups in total. The number of anilines is 1. The molecule has 0 aliphatic heterocycles. The molecule has 0 aliphatic carbocycles. The highest BCUT2D eigenvalue weighted by molar-refractivity contribution is 7.99. The van der Waals surface area contributed by atoms with Crippen molar-refractivity contribution in [1.82, 2.24) is 9.97 Å². The fourth-order valence-corrected chi connectivity index (χ4v) is 5.05. The molecule has 0 aliphatic rings. The van der Waals surface area contributed by atoms with Crippen molar-refractivity contribution in [2.45, 2.75) is 24.8 Å². The summed E-state index contributed by atoms with van der Waals surface area (Å²) in [6.45, 7) is 2.54. The van der Waals surface area contributed by atoms with Gasteiger partial charge in [0.2, 0.25) is 5.91 Å². The maximum atomic E-state index is 13.2. The van der Waals surface area contributed by atoms with Crippen molar-refractivity contribution in [3.63, 3.8) is 0 Å². The molecule has 2 aromatic carbocycles. The Balaban J connectivity index is 1.50. The van der Waals surface area contributed by atoms with Crippen LogP contribution in [0.4, 0.5) is 5.13 Å². The highest BCUT2D eigenvalue weighted by atomic mass is 32.2. The van der Waals surface area contributed by atoms with Crippen LogP contribution < -0.4 is 9.64 Å². The van der Waals surface area contributed by atoms with Crippen LogP contribution in [0.3, 0.4) is 0 Å². The zero-order valence-electron chi connectivity index (χ0n) is 17.4. The zero-order valence-corrected chi connectivity index (χ0v) is 19.1. The largest absolute Gasteiger partial charge is 0.497 e. The maximum absolute atomic E-state index is 13.2. The minimum atomic E-state index is 0.0635. The van der Waals surface area contributed by atoms with Crippen LogP contribution in [-0.4, -0.2) is 28.7 Å². The van der Waals surface area contributed by atoms with E-state index in [1.807, 2.05) is 48.5 Å². The number of carbonyl (C=O) groups excluding carboxylic acids is 1. The molecule has 0 radical (unpaired) electrons. The molecule has 158 valence electrons. The molecule has 31 heavy (non-hydrogen) atoms. The van der Waals surface area contributed by atoms with Crippen LogP contribution in [0.25, 0.3) is 10.2 Å². The number of thiazole rings is 1.